The molecule has 0 aromatic rings. The van der Waals surface area contributed by atoms with E-state index in [2.05, 4.69) is 0 Å². The number of aliphatic hydroxyl groups is 1. The molecule has 5 heteroatoms. The number of ether oxygens (including phenoxy) is 3. The van der Waals surface area contributed by atoms with E-state index >= 15 is 0 Å². The van der Waals surface area contributed by atoms with Gasteiger partial charge in [0.15, 0.2) is 0 Å². The van der Waals surface area contributed by atoms with Crippen LogP contribution in [0, 0.1) is 0 Å². The van der Waals surface area contributed by atoms with Gasteiger partial charge in [-0.25, -0.2) is 0 Å². The fraction of sp³-hybridized carbons (Fsp3) is 1.00. The van der Waals surface area contributed by atoms with E-state index in [-0.39, 0.29) is 24.8 Å². The predicted molar refractivity (Wildman–Crippen MR) is 52.6 cm³/mol. The third-order valence-corrected chi connectivity index (χ3v) is 1.89. The molecule has 78 valence electrons. The third-order valence-electron chi connectivity index (χ3n) is 1.89. The van der Waals surface area contributed by atoms with Crippen LogP contribution in [0.25, 0.3) is 0 Å². The van der Waals surface area contributed by atoms with Crippen LogP contribution in [0.5, 0.6) is 0 Å². The van der Waals surface area contributed by atoms with Crippen LogP contribution < -0.4 is 0 Å². The van der Waals surface area contributed by atoms with E-state index in [4.69, 9.17) is 19.3 Å². The molecule has 3 atom stereocenters. The lowest BCUT2D eigenvalue weighted by Crippen LogP contribution is -2.37. The molecular formula is C8H19BO4. The summed E-state index contributed by atoms with van der Waals surface area (Å²) in [6.07, 6.45) is -0.161. The Morgan fingerprint density at radius 1 is 1.38 bits per heavy atom. The minimum absolute atomic E-state index is 0.0106. The van der Waals surface area contributed by atoms with Crippen molar-refractivity contribution in [3.05, 3.63) is 0 Å². The van der Waals surface area contributed by atoms with Crippen molar-refractivity contribution in [3.8, 4) is 0 Å². The van der Waals surface area contributed by atoms with Gasteiger partial charge in [-0.1, -0.05) is 0 Å². The Hall–Kier alpha value is -0.0951. The summed E-state index contributed by atoms with van der Waals surface area (Å²) >= 11 is 0. The number of hydrogen-bond acceptors (Lipinski definition) is 4. The second kappa shape index (κ2) is 7.32. The molecule has 4 nitrogen and oxygen atoms in total. The van der Waals surface area contributed by atoms with Crippen molar-refractivity contribution in [1.82, 2.24) is 0 Å². The van der Waals surface area contributed by atoms with E-state index in [9.17, 15) is 0 Å². The molecule has 1 N–H and O–H groups in total. The van der Waals surface area contributed by atoms with Crippen molar-refractivity contribution < 1.29 is 19.3 Å². The summed E-state index contributed by atoms with van der Waals surface area (Å²) in [6.45, 7) is 2.39. The Kier molecular flexibility index (Phi) is 7.27. The van der Waals surface area contributed by atoms with Gasteiger partial charge in [0.2, 0.25) is 0 Å². The lowest BCUT2D eigenvalue weighted by atomic mass is 10.0. The molecule has 0 aliphatic heterocycles. The van der Waals surface area contributed by atoms with Gasteiger partial charge in [-0.3, -0.25) is 0 Å². The van der Waals surface area contributed by atoms with Gasteiger partial charge in [0.25, 0.3) is 0 Å². The van der Waals surface area contributed by atoms with Gasteiger partial charge in [0.1, 0.15) is 14.0 Å². The van der Waals surface area contributed by atoms with Crippen LogP contribution in [0.3, 0.4) is 0 Å². The number of aliphatic hydroxyl groups excluding tert-OH is 1. The standard InChI is InChI=1S/C8H19BO4/c1-6(12-3)7(5-11-2)13-8(9)4-10/h6-8,10H,4-5,9H2,1-3H3/t6?,7-,8+/m0/s1. The molecule has 0 aliphatic rings. The first kappa shape index (κ1) is 12.9. The quantitative estimate of drug-likeness (QED) is 0.523. The van der Waals surface area contributed by atoms with Gasteiger partial charge in [0.05, 0.1) is 19.3 Å². The molecule has 0 bridgehead atoms. The first-order valence-electron chi connectivity index (χ1n) is 4.43. The maximum absolute atomic E-state index is 8.80. The first-order chi connectivity index (χ1) is 6.15. The maximum atomic E-state index is 8.80. The highest BCUT2D eigenvalue weighted by atomic mass is 16.6. The summed E-state index contributed by atoms with van der Waals surface area (Å²) in [6, 6.07) is -0.183. The Morgan fingerprint density at radius 3 is 2.38 bits per heavy atom. The molecule has 0 rings (SSSR count). The zero-order chi connectivity index (χ0) is 10.3. The molecule has 0 radical (unpaired) electrons. The Balaban J connectivity index is 3.92. The summed E-state index contributed by atoms with van der Waals surface area (Å²) in [5.74, 6) is 0. The van der Waals surface area contributed by atoms with Crippen molar-refractivity contribution in [2.24, 2.45) is 0 Å². The van der Waals surface area contributed by atoms with E-state index in [0.717, 1.165) is 0 Å². The zero-order valence-corrected chi connectivity index (χ0v) is 8.82. The molecule has 0 heterocycles. The largest absolute Gasteiger partial charge is 0.394 e. The van der Waals surface area contributed by atoms with Crippen molar-refractivity contribution in [2.75, 3.05) is 27.4 Å². The fourth-order valence-electron chi connectivity index (χ4n) is 0.943. The summed E-state index contributed by atoms with van der Waals surface area (Å²) < 4.78 is 15.6. The van der Waals surface area contributed by atoms with Crippen LogP contribution in [0.1, 0.15) is 6.92 Å². The lowest BCUT2D eigenvalue weighted by Gasteiger charge is -2.25. The van der Waals surface area contributed by atoms with Gasteiger partial charge >= 0.3 is 0 Å². The molecule has 0 spiro atoms. The molecule has 0 saturated carbocycles. The third kappa shape index (κ3) is 5.26. The zero-order valence-electron chi connectivity index (χ0n) is 8.82. The highest BCUT2D eigenvalue weighted by Gasteiger charge is 2.19. The van der Waals surface area contributed by atoms with Gasteiger partial charge in [-0.05, 0) is 6.92 Å². The van der Waals surface area contributed by atoms with Gasteiger partial charge in [-0.15, -0.1) is 0 Å². The fourth-order valence-corrected chi connectivity index (χ4v) is 0.943. The van der Waals surface area contributed by atoms with E-state index in [1.807, 2.05) is 14.8 Å². The Morgan fingerprint density at radius 2 is 2.00 bits per heavy atom. The minimum Gasteiger partial charge on any atom is -0.394 e. The van der Waals surface area contributed by atoms with Gasteiger partial charge < -0.3 is 19.3 Å². The summed E-state index contributed by atoms with van der Waals surface area (Å²) in [7, 11) is 5.05. The average molecular weight is 190 g/mol. The van der Waals surface area contributed by atoms with Crippen LogP contribution in [0.15, 0.2) is 0 Å². The van der Waals surface area contributed by atoms with Gasteiger partial charge in [0, 0.05) is 20.2 Å². The highest BCUT2D eigenvalue weighted by Crippen LogP contribution is 2.05. The SMILES string of the molecule is B[C@@H](CO)O[C@@H](COC)C(C)OC. The average Bonchev–Trinajstić information content (AvgIpc) is 2.15. The minimum atomic E-state index is -0.183. The van der Waals surface area contributed by atoms with Crippen LogP contribution in [0.4, 0.5) is 0 Å². The summed E-state index contributed by atoms with van der Waals surface area (Å²) in [5.41, 5.74) is 0. The second-order valence-electron chi connectivity index (χ2n) is 3.06. The van der Waals surface area contributed by atoms with Crippen molar-refractivity contribution >= 4 is 7.85 Å². The molecule has 1 unspecified atom stereocenters. The van der Waals surface area contributed by atoms with Crippen molar-refractivity contribution in [3.63, 3.8) is 0 Å². The first-order valence-corrected chi connectivity index (χ1v) is 4.43. The Bertz CT molecular complexity index is 123. The maximum Gasteiger partial charge on any atom is 0.142 e. The molecule has 0 amide bonds. The van der Waals surface area contributed by atoms with Crippen LogP contribution >= 0.6 is 0 Å². The van der Waals surface area contributed by atoms with Gasteiger partial charge in [-0.2, -0.15) is 0 Å². The monoisotopic (exact) mass is 190 g/mol. The number of rotatable bonds is 7. The molecule has 13 heavy (non-hydrogen) atoms. The second-order valence-corrected chi connectivity index (χ2v) is 3.06. The molecular weight excluding hydrogens is 171 g/mol. The van der Waals surface area contributed by atoms with E-state index in [0.29, 0.717) is 6.61 Å². The molecule has 0 fully saturated rings. The normalized spacial score (nSPS) is 18.2. The Labute approximate surface area is 80.6 Å². The topological polar surface area (TPSA) is 47.9 Å². The summed E-state index contributed by atoms with van der Waals surface area (Å²) in [5, 5.41) is 8.80. The molecule has 0 saturated heterocycles. The number of methoxy groups -OCH3 is 2. The van der Waals surface area contributed by atoms with E-state index in [1.165, 1.54) is 0 Å². The van der Waals surface area contributed by atoms with Crippen molar-refractivity contribution in [1.29, 1.82) is 0 Å². The van der Waals surface area contributed by atoms with Crippen LogP contribution in [0.2, 0.25) is 0 Å². The van der Waals surface area contributed by atoms with E-state index in [1.54, 1.807) is 14.2 Å². The number of hydrogen-bond donors (Lipinski definition) is 1. The van der Waals surface area contributed by atoms with Crippen LogP contribution in [-0.2, 0) is 14.2 Å². The predicted octanol–water partition coefficient (Wildman–Crippen LogP) is -0.996. The highest BCUT2D eigenvalue weighted by molar-refractivity contribution is 6.11. The smallest absolute Gasteiger partial charge is 0.142 e. The lowest BCUT2D eigenvalue weighted by molar-refractivity contribution is -0.0971. The van der Waals surface area contributed by atoms with E-state index < -0.39 is 0 Å². The molecule has 0 aromatic heterocycles. The van der Waals surface area contributed by atoms with Crippen molar-refractivity contribution in [2.45, 2.75) is 25.1 Å². The van der Waals surface area contributed by atoms with Crippen LogP contribution in [-0.4, -0.2) is 58.6 Å². The molecule has 0 aromatic carbocycles. The summed E-state index contributed by atoms with van der Waals surface area (Å²) in [4.78, 5) is 0. The molecule has 0 aliphatic carbocycles.